The lowest BCUT2D eigenvalue weighted by Gasteiger charge is -2.73. The van der Waals surface area contributed by atoms with Crippen LogP contribution in [-0.2, 0) is 24.2 Å². The lowest BCUT2D eigenvalue weighted by molar-refractivity contribution is -0.246. The van der Waals surface area contributed by atoms with Gasteiger partial charge in [0.15, 0.2) is 9.84 Å². The maximum absolute atomic E-state index is 13.1. The standard InChI is InChI=1S/C44H74N2O6S2/c1-29(2)31-13-19-44(45-28-30(16-24-53-10)46-22-25-54(50,51)26-23-46)21-20-42(8)32(37(31)44)11-12-34-41(7)17-15-35(52-36(47)27-39(3,4)38(48)49)40(5,6)33(41)14-18-43(34,42)9/h30-35,37,45H,1,11-28H2,2-10H3,(H,48,49)/t30-,31-,32+,33-,34+,35-,37+,41-,42+,43+,44-/m0/s1. The maximum atomic E-state index is 13.1. The molecule has 0 bridgehead atoms. The minimum Gasteiger partial charge on any atom is -0.481 e. The van der Waals surface area contributed by atoms with Gasteiger partial charge in [0, 0.05) is 36.6 Å². The SMILES string of the molecule is C=C(C)[C@@H]1CC[C@]2(NC[C@H](CCSC)N3CCS(=O)(=O)CC3)CC[C@]3(C)[C@H](CC[C@@H]4[C@@]5(C)CC[C@H](OC(=O)CC(C)(C)C(=O)O)C(C)(C)[C@@H]5CC[C@]43C)[C@@H]12. The number of carboxylic acids is 1. The molecule has 0 radical (unpaired) electrons. The summed E-state index contributed by atoms with van der Waals surface area (Å²) in [4.78, 5) is 27.4. The summed E-state index contributed by atoms with van der Waals surface area (Å²) in [6.07, 6.45) is 14.5. The van der Waals surface area contributed by atoms with Gasteiger partial charge in [-0.2, -0.15) is 11.8 Å². The first kappa shape index (κ1) is 42.5. The van der Waals surface area contributed by atoms with Gasteiger partial charge in [-0.15, -0.1) is 0 Å². The van der Waals surface area contributed by atoms with Gasteiger partial charge < -0.3 is 15.2 Å². The minimum absolute atomic E-state index is 0.0939. The summed E-state index contributed by atoms with van der Waals surface area (Å²) in [5.74, 6) is 3.02. The van der Waals surface area contributed by atoms with E-state index in [-0.39, 0.29) is 57.2 Å². The van der Waals surface area contributed by atoms with Crippen molar-refractivity contribution < 1.29 is 27.9 Å². The van der Waals surface area contributed by atoms with Crippen LogP contribution < -0.4 is 5.32 Å². The van der Waals surface area contributed by atoms with Crippen LogP contribution in [0, 0.1) is 56.7 Å². The number of carbonyl (C=O) groups is 2. The number of thioether (sulfide) groups is 1. The fraction of sp³-hybridized carbons (Fsp3) is 0.909. The highest BCUT2D eigenvalue weighted by Crippen LogP contribution is 2.76. The molecule has 0 aromatic heterocycles. The Hall–Kier alpha value is -1.10. The van der Waals surface area contributed by atoms with Crippen molar-refractivity contribution in [3.8, 4) is 0 Å². The first-order valence-electron chi connectivity index (χ1n) is 21.3. The third-order valence-electron chi connectivity index (χ3n) is 17.7. The van der Waals surface area contributed by atoms with Gasteiger partial charge in [0.25, 0.3) is 0 Å². The van der Waals surface area contributed by atoms with E-state index < -0.39 is 21.2 Å². The summed E-state index contributed by atoms with van der Waals surface area (Å²) in [5.41, 5.74) is 0.677. The van der Waals surface area contributed by atoms with E-state index in [0.717, 1.165) is 38.0 Å². The van der Waals surface area contributed by atoms with E-state index in [1.807, 2.05) is 11.8 Å². The van der Waals surface area contributed by atoms with E-state index in [9.17, 15) is 23.1 Å². The molecule has 0 aromatic carbocycles. The van der Waals surface area contributed by atoms with Crippen molar-refractivity contribution in [3.63, 3.8) is 0 Å². The average molecular weight is 791 g/mol. The van der Waals surface area contributed by atoms with E-state index >= 15 is 0 Å². The monoisotopic (exact) mass is 790 g/mol. The summed E-state index contributed by atoms with van der Waals surface area (Å²) in [5, 5.41) is 14.0. The normalized spacial score (nSPS) is 42.1. The lowest BCUT2D eigenvalue weighted by atomic mass is 9.32. The van der Waals surface area contributed by atoms with E-state index in [1.165, 1.54) is 50.5 Å². The van der Waals surface area contributed by atoms with Crippen molar-refractivity contribution in [1.29, 1.82) is 0 Å². The molecule has 11 atom stereocenters. The van der Waals surface area contributed by atoms with Gasteiger partial charge >= 0.3 is 11.9 Å². The topological polar surface area (TPSA) is 113 Å². The molecule has 6 rings (SSSR count). The number of hydrogen-bond donors (Lipinski definition) is 2. The molecule has 0 spiro atoms. The molecule has 5 aliphatic carbocycles. The molecule has 2 N–H and O–H groups in total. The van der Waals surface area contributed by atoms with Crippen molar-refractivity contribution >= 4 is 33.5 Å². The Morgan fingerprint density at radius 1 is 0.944 bits per heavy atom. The Labute approximate surface area is 332 Å². The fourth-order valence-corrected chi connectivity index (χ4v) is 16.1. The highest BCUT2D eigenvalue weighted by atomic mass is 32.2. The number of fused-ring (bicyclic) bond motifs is 7. The molecule has 0 aromatic rings. The molecule has 6 fully saturated rings. The summed E-state index contributed by atoms with van der Waals surface area (Å²) in [6.45, 7) is 24.9. The summed E-state index contributed by atoms with van der Waals surface area (Å²) >= 11 is 1.89. The van der Waals surface area contributed by atoms with Crippen LogP contribution >= 0.6 is 11.8 Å². The van der Waals surface area contributed by atoms with Crippen molar-refractivity contribution in [2.45, 2.75) is 150 Å². The van der Waals surface area contributed by atoms with Crippen molar-refractivity contribution in [1.82, 2.24) is 10.2 Å². The number of carbonyl (C=O) groups excluding carboxylic acids is 1. The first-order chi connectivity index (χ1) is 25.1. The number of nitrogens with one attached hydrogen (secondary N) is 1. The van der Waals surface area contributed by atoms with Gasteiger partial charge in [-0.1, -0.05) is 46.8 Å². The average Bonchev–Trinajstić information content (AvgIpc) is 3.47. The molecule has 6 aliphatic rings. The van der Waals surface area contributed by atoms with Crippen LogP contribution in [0.3, 0.4) is 0 Å². The van der Waals surface area contributed by atoms with Crippen LogP contribution in [0.15, 0.2) is 12.2 Å². The molecule has 0 unspecified atom stereocenters. The fourth-order valence-electron chi connectivity index (χ4n) is 14.4. The second kappa shape index (κ2) is 14.9. The number of carboxylic acid groups (broad SMARTS) is 1. The second-order valence-electron chi connectivity index (χ2n) is 21.1. The zero-order valence-electron chi connectivity index (χ0n) is 35.2. The van der Waals surface area contributed by atoms with E-state index in [1.54, 1.807) is 13.8 Å². The molecule has 308 valence electrons. The second-order valence-corrected chi connectivity index (χ2v) is 24.3. The van der Waals surface area contributed by atoms with Crippen molar-refractivity contribution in [3.05, 3.63) is 12.2 Å². The van der Waals surface area contributed by atoms with Gasteiger partial charge in [0.05, 0.1) is 23.3 Å². The molecule has 8 nitrogen and oxygen atoms in total. The molecular formula is C44H74N2O6S2. The van der Waals surface area contributed by atoms with Crippen LogP contribution in [-0.4, -0.2) is 91.2 Å². The van der Waals surface area contributed by atoms with E-state index in [4.69, 9.17) is 4.74 Å². The summed E-state index contributed by atoms with van der Waals surface area (Å²) in [6, 6.07) is 0.352. The molecule has 1 saturated heterocycles. The highest BCUT2D eigenvalue weighted by molar-refractivity contribution is 7.98. The Bertz CT molecular complexity index is 1550. The zero-order chi connectivity index (χ0) is 39.7. The number of aliphatic carboxylic acids is 1. The minimum atomic E-state index is -2.92. The van der Waals surface area contributed by atoms with E-state index in [2.05, 4.69) is 64.6 Å². The number of ether oxygens (including phenoxy) is 1. The van der Waals surface area contributed by atoms with Crippen LogP contribution in [0.2, 0.25) is 0 Å². The predicted octanol–water partition coefficient (Wildman–Crippen LogP) is 8.25. The van der Waals surface area contributed by atoms with Crippen molar-refractivity contribution in [2.24, 2.45) is 56.7 Å². The van der Waals surface area contributed by atoms with Gasteiger partial charge in [-0.3, -0.25) is 14.5 Å². The Balaban J connectivity index is 1.23. The summed E-state index contributed by atoms with van der Waals surface area (Å²) < 4.78 is 30.9. The molecule has 10 heteroatoms. The zero-order valence-corrected chi connectivity index (χ0v) is 36.9. The van der Waals surface area contributed by atoms with Gasteiger partial charge in [-0.25, -0.2) is 8.42 Å². The summed E-state index contributed by atoms with van der Waals surface area (Å²) in [7, 11) is -2.92. The van der Waals surface area contributed by atoms with Gasteiger partial charge in [0.1, 0.15) is 6.10 Å². The smallest absolute Gasteiger partial charge is 0.309 e. The number of sulfone groups is 1. The number of nitrogens with zero attached hydrogens (tertiary/aromatic N) is 1. The molecule has 5 saturated carbocycles. The van der Waals surface area contributed by atoms with Crippen LogP contribution in [0.25, 0.3) is 0 Å². The molecule has 1 heterocycles. The van der Waals surface area contributed by atoms with Crippen LogP contribution in [0.5, 0.6) is 0 Å². The van der Waals surface area contributed by atoms with Gasteiger partial charge in [-0.05, 0) is 149 Å². The molecular weight excluding hydrogens is 717 g/mol. The third-order valence-corrected chi connectivity index (χ3v) is 19.9. The Morgan fingerprint density at radius 3 is 2.26 bits per heavy atom. The number of hydrogen-bond acceptors (Lipinski definition) is 8. The molecule has 1 aliphatic heterocycles. The lowest BCUT2D eigenvalue weighted by Crippen LogP contribution is -2.69. The number of allylic oxidation sites excluding steroid dienone is 1. The van der Waals surface area contributed by atoms with Crippen LogP contribution in [0.4, 0.5) is 0 Å². The third kappa shape index (κ3) is 7.18. The highest BCUT2D eigenvalue weighted by Gasteiger charge is 2.71. The Morgan fingerprint density at radius 2 is 1.63 bits per heavy atom. The van der Waals surface area contributed by atoms with Crippen molar-refractivity contribution in [2.75, 3.05) is 43.1 Å². The van der Waals surface area contributed by atoms with Gasteiger partial charge in [0.2, 0.25) is 0 Å². The quantitative estimate of drug-likeness (QED) is 0.149. The number of esters is 1. The molecule has 0 amide bonds. The van der Waals surface area contributed by atoms with Crippen LogP contribution in [0.1, 0.15) is 132 Å². The number of rotatable bonds is 12. The Kier molecular flexibility index (Phi) is 11.8. The molecule has 54 heavy (non-hydrogen) atoms. The van der Waals surface area contributed by atoms with E-state index in [0.29, 0.717) is 48.7 Å². The first-order valence-corrected chi connectivity index (χ1v) is 24.6. The largest absolute Gasteiger partial charge is 0.481 e. The predicted molar refractivity (Wildman–Crippen MR) is 220 cm³/mol. The maximum Gasteiger partial charge on any atom is 0.309 e.